The fourth-order valence-electron chi connectivity index (χ4n) is 2.71. The molecule has 8 heteroatoms. The minimum Gasteiger partial charge on any atom is -0.302 e. The van der Waals surface area contributed by atoms with Crippen LogP contribution in [0.1, 0.15) is 6.42 Å². The number of aryl methyl sites for hydroxylation is 1. The van der Waals surface area contributed by atoms with Crippen LogP contribution in [-0.2, 0) is 11.3 Å². The first-order chi connectivity index (χ1) is 13.1. The topological polar surface area (TPSA) is 64.0 Å². The van der Waals surface area contributed by atoms with Crippen molar-refractivity contribution in [3.05, 3.63) is 68.6 Å². The molecule has 0 fully saturated rings. The fourth-order valence-corrected chi connectivity index (χ4v) is 4.48. The van der Waals surface area contributed by atoms with E-state index in [0.29, 0.717) is 16.7 Å². The van der Waals surface area contributed by atoms with Crippen molar-refractivity contribution in [1.29, 1.82) is 0 Å². The molecule has 4 aromatic rings. The smallest absolute Gasteiger partial charge is 0.302 e. The summed E-state index contributed by atoms with van der Waals surface area (Å²) in [6.07, 6.45) is 0.205. The Balaban J connectivity index is 1.42. The number of nitrogens with one attached hydrogen (secondary N) is 1. The van der Waals surface area contributed by atoms with E-state index in [-0.39, 0.29) is 17.2 Å². The second-order valence-electron chi connectivity index (χ2n) is 5.83. The molecule has 0 bridgehead atoms. The number of thiazole rings is 2. The Hall–Kier alpha value is -2.48. The maximum absolute atomic E-state index is 12.3. The Morgan fingerprint density at radius 2 is 1.93 bits per heavy atom. The normalized spacial score (nSPS) is 11.0. The minimum atomic E-state index is -0.172. The van der Waals surface area contributed by atoms with E-state index in [0.717, 1.165) is 21.5 Å². The van der Waals surface area contributed by atoms with Gasteiger partial charge in [0.1, 0.15) is 0 Å². The van der Waals surface area contributed by atoms with E-state index in [1.165, 1.54) is 22.7 Å². The zero-order chi connectivity index (χ0) is 18.8. The Bertz CT molecular complexity index is 1160. The monoisotopic (exact) mass is 415 g/mol. The molecule has 0 atom stereocenters. The number of amides is 1. The van der Waals surface area contributed by atoms with Crippen molar-refractivity contribution >= 4 is 55.5 Å². The number of anilines is 1. The van der Waals surface area contributed by atoms with Gasteiger partial charge in [-0.15, -0.1) is 11.3 Å². The maximum atomic E-state index is 12.3. The van der Waals surface area contributed by atoms with E-state index < -0.39 is 0 Å². The predicted molar refractivity (Wildman–Crippen MR) is 112 cm³/mol. The molecule has 136 valence electrons. The number of para-hydroxylation sites is 1. The van der Waals surface area contributed by atoms with Crippen LogP contribution < -0.4 is 10.2 Å². The first kappa shape index (κ1) is 17.9. The summed E-state index contributed by atoms with van der Waals surface area (Å²) in [5.41, 5.74) is 2.58. The molecule has 0 unspecified atom stereocenters. The Morgan fingerprint density at radius 1 is 1.15 bits per heavy atom. The molecule has 0 saturated heterocycles. The number of rotatable bonds is 5. The highest BCUT2D eigenvalue weighted by Gasteiger charge is 2.11. The summed E-state index contributed by atoms with van der Waals surface area (Å²) in [4.78, 5) is 28.8. The number of nitrogens with zero attached hydrogens (tertiary/aromatic N) is 2. The fraction of sp³-hybridized carbons (Fsp3) is 0.105. The van der Waals surface area contributed by atoms with E-state index >= 15 is 0 Å². The summed E-state index contributed by atoms with van der Waals surface area (Å²) in [6.45, 7) is 0.337. The van der Waals surface area contributed by atoms with Gasteiger partial charge in [0, 0.05) is 28.9 Å². The molecule has 0 aliphatic rings. The molecule has 2 heterocycles. The standard InChI is InChI=1S/C19H14ClN3O2S2/c20-13-7-5-12(6-8-13)14-11-26-18(21-14)22-17(24)9-10-23-15-3-1-2-4-16(15)27-19(23)25/h1-8,11H,9-10H2,(H,21,22,24). The summed E-state index contributed by atoms with van der Waals surface area (Å²) in [6, 6.07) is 15.0. The highest BCUT2D eigenvalue weighted by Crippen LogP contribution is 2.26. The molecule has 4 rings (SSSR count). The number of fused-ring (bicyclic) bond motifs is 1. The van der Waals surface area contributed by atoms with Gasteiger partial charge in [-0.25, -0.2) is 4.98 Å². The SMILES string of the molecule is O=C(CCn1c(=O)sc2ccccc21)Nc1nc(-c2ccc(Cl)cc2)cs1. The van der Waals surface area contributed by atoms with Crippen molar-refractivity contribution in [1.82, 2.24) is 9.55 Å². The summed E-state index contributed by atoms with van der Waals surface area (Å²) in [7, 11) is 0. The molecule has 0 saturated carbocycles. The third-order valence-electron chi connectivity index (χ3n) is 4.03. The number of aromatic nitrogens is 2. The summed E-state index contributed by atoms with van der Waals surface area (Å²) < 4.78 is 2.57. The van der Waals surface area contributed by atoms with Crippen molar-refractivity contribution in [2.24, 2.45) is 0 Å². The van der Waals surface area contributed by atoms with Crippen molar-refractivity contribution in [3.8, 4) is 11.3 Å². The Kier molecular flexibility index (Phi) is 5.07. The highest BCUT2D eigenvalue weighted by atomic mass is 35.5. The van der Waals surface area contributed by atoms with Crippen LogP contribution in [0.15, 0.2) is 58.7 Å². The lowest BCUT2D eigenvalue weighted by Gasteiger charge is -2.04. The van der Waals surface area contributed by atoms with Crippen molar-refractivity contribution in [3.63, 3.8) is 0 Å². The number of carbonyl (C=O) groups is 1. The molecular formula is C19H14ClN3O2S2. The van der Waals surface area contributed by atoms with Gasteiger partial charge >= 0.3 is 4.87 Å². The lowest BCUT2D eigenvalue weighted by Crippen LogP contribution is -2.19. The molecule has 0 aliphatic carbocycles. The van der Waals surface area contributed by atoms with E-state index in [9.17, 15) is 9.59 Å². The van der Waals surface area contributed by atoms with Crippen LogP contribution >= 0.6 is 34.3 Å². The molecule has 2 aromatic carbocycles. The average Bonchev–Trinajstić information content (AvgIpc) is 3.24. The van der Waals surface area contributed by atoms with Gasteiger partial charge < -0.3 is 5.32 Å². The van der Waals surface area contributed by atoms with Crippen molar-refractivity contribution in [2.75, 3.05) is 5.32 Å². The van der Waals surface area contributed by atoms with E-state index in [4.69, 9.17) is 11.6 Å². The van der Waals surface area contributed by atoms with Crippen LogP contribution in [0.25, 0.3) is 21.5 Å². The summed E-state index contributed by atoms with van der Waals surface area (Å²) in [5, 5.41) is 5.89. The van der Waals surface area contributed by atoms with E-state index in [1.807, 2.05) is 41.8 Å². The zero-order valence-corrected chi connectivity index (χ0v) is 16.4. The molecule has 0 aliphatic heterocycles. The molecule has 1 N–H and O–H groups in total. The van der Waals surface area contributed by atoms with E-state index in [1.54, 1.807) is 16.7 Å². The maximum Gasteiger partial charge on any atom is 0.308 e. The van der Waals surface area contributed by atoms with Crippen molar-refractivity contribution < 1.29 is 4.79 Å². The molecule has 27 heavy (non-hydrogen) atoms. The number of hydrogen-bond acceptors (Lipinski definition) is 5. The number of benzene rings is 2. The van der Waals surface area contributed by atoms with Crippen LogP contribution in [0, 0.1) is 0 Å². The minimum absolute atomic E-state index is 0.0525. The quantitative estimate of drug-likeness (QED) is 0.505. The summed E-state index contributed by atoms with van der Waals surface area (Å²) >= 11 is 8.46. The van der Waals surface area contributed by atoms with E-state index in [2.05, 4.69) is 10.3 Å². The van der Waals surface area contributed by atoms with Gasteiger partial charge in [-0.2, -0.15) is 0 Å². The Labute approximate surface area is 167 Å². The first-order valence-corrected chi connectivity index (χ1v) is 10.3. The highest BCUT2D eigenvalue weighted by molar-refractivity contribution is 7.16. The van der Waals surface area contributed by atoms with Gasteiger partial charge in [-0.1, -0.05) is 47.2 Å². The van der Waals surface area contributed by atoms with Gasteiger partial charge in [0.05, 0.1) is 15.9 Å². The van der Waals surface area contributed by atoms with Crippen LogP contribution in [-0.4, -0.2) is 15.5 Å². The third kappa shape index (κ3) is 3.95. The largest absolute Gasteiger partial charge is 0.308 e. The van der Waals surface area contributed by atoms with Crippen LogP contribution in [0.2, 0.25) is 5.02 Å². The van der Waals surface area contributed by atoms with Gasteiger partial charge in [0.15, 0.2) is 5.13 Å². The molecule has 1 amide bonds. The second kappa shape index (κ2) is 7.64. The zero-order valence-electron chi connectivity index (χ0n) is 14.0. The second-order valence-corrected chi connectivity index (χ2v) is 8.12. The number of hydrogen-bond donors (Lipinski definition) is 1. The lowest BCUT2D eigenvalue weighted by molar-refractivity contribution is -0.116. The van der Waals surface area contributed by atoms with Crippen LogP contribution in [0.4, 0.5) is 5.13 Å². The molecule has 5 nitrogen and oxygen atoms in total. The molecule has 0 spiro atoms. The molecule has 2 aromatic heterocycles. The van der Waals surface area contributed by atoms with Gasteiger partial charge in [-0.3, -0.25) is 14.2 Å². The van der Waals surface area contributed by atoms with Crippen molar-refractivity contribution in [2.45, 2.75) is 13.0 Å². The number of carbonyl (C=O) groups excluding carboxylic acids is 1. The summed E-state index contributed by atoms with van der Waals surface area (Å²) in [5.74, 6) is -0.172. The van der Waals surface area contributed by atoms with Gasteiger partial charge in [0.25, 0.3) is 0 Å². The predicted octanol–water partition coefficient (Wildman–Crippen LogP) is 4.87. The van der Waals surface area contributed by atoms with Gasteiger partial charge in [0.2, 0.25) is 5.91 Å². The lowest BCUT2D eigenvalue weighted by atomic mass is 10.2. The van der Waals surface area contributed by atoms with Crippen LogP contribution in [0.3, 0.4) is 0 Å². The number of halogens is 1. The molecule has 0 radical (unpaired) electrons. The van der Waals surface area contributed by atoms with Gasteiger partial charge in [-0.05, 0) is 24.3 Å². The third-order valence-corrected chi connectivity index (χ3v) is 6.00. The molecular weight excluding hydrogens is 402 g/mol. The average molecular weight is 416 g/mol. The Morgan fingerprint density at radius 3 is 2.74 bits per heavy atom. The van der Waals surface area contributed by atoms with Crippen LogP contribution in [0.5, 0.6) is 0 Å². The first-order valence-electron chi connectivity index (χ1n) is 8.20.